The van der Waals surface area contributed by atoms with Crippen LogP contribution in [0.1, 0.15) is 19.4 Å². The van der Waals surface area contributed by atoms with Crippen molar-refractivity contribution in [2.24, 2.45) is 0 Å². The van der Waals surface area contributed by atoms with Gasteiger partial charge in [-0.15, -0.1) is 0 Å². The second kappa shape index (κ2) is 4.50. The fraction of sp³-hybridized carbons (Fsp3) is 0.364. The largest absolute Gasteiger partial charge is 0.394 e. The molecule has 1 aromatic carbocycles. The molecule has 17 heavy (non-hydrogen) atoms. The van der Waals surface area contributed by atoms with Crippen LogP contribution < -0.4 is 0 Å². The summed E-state index contributed by atoms with van der Waals surface area (Å²) in [7, 11) is 0. The average molecular weight is 235 g/mol. The zero-order valence-corrected chi connectivity index (χ0v) is 9.41. The average Bonchev–Trinajstić information content (AvgIpc) is 2.74. The predicted octanol–water partition coefficient (Wildman–Crippen LogP) is 1.89. The van der Waals surface area contributed by atoms with E-state index in [0.717, 1.165) is 11.9 Å². The number of hydrogen-bond donors (Lipinski definition) is 1. The van der Waals surface area contributed by atoms with E-state index >= 15 is 0 Å². The second-order valence-electron chi connectivity index (χ2n) is 3.83. The number of rotatable bonds is 4. The number of benzene rings is 1. The quantitative estimate of drug-likeness (QED) is 0.648. The topological polar surface area (TPSA) is 81.2 Å². The minimum absolute atomic E-state index is 0.0267. The van der Waals surface area contributed by atoms with Gasteiger partial charge in [0.15, 0.2) is 0 Å². The van der Waals surface area contributed by atoms with E-state index in [2.05, 4.69) is 4.98 Å². The maximum Gasteiger partial charge on any atom is 0.271 e. The molecule has 1 aromatic heterocycles. The van der Waals surface area contributed by atoms with Gasteiger partial charge in [-0.2, -0.15) is 0 Å². The van der Waals surface area contributed by atoms with Crippen molar-refractivity contribution in [2.45, 2.75) is 19.4 Å². The van der Waals surface area contributed by atoms with Crippen LogP contribution in [0.2, 0.25) is 0 Å². The lowest BCUT2D eigenvalue weighted by atomic mass is 10.2. The number of aromatic nitrogens is 2. The van der Waals surface area contributed by atoms with Gasteiger partial charge in [-0.25, -0.2) is 4.98 Å². The van der Waals surface area contributed by atoms with Crippen LogP contribution in [0.25, 0.3) is 11.0 Å². The summed E-state index contributed by atoms with van der Waals surface area (Å²) in [6, 6.07) is 4.51. The summed E-state index contributed by atoms with van der Waals surface area (Å²) in [4.78, 5) is 14.3. The number of hydrogen-bond acceptors (Lipinski definition) is 4. The van der Waals surface area contributed by atoms with Crippen LogP contribution in [0, 0.1) is 10.1 Å². The Morgan fingerprint density at radius 2 is 2.35 bits per heavy atom. The van der Waals surface area contributed by atoms with Crippen molar-refractivity contribution in [2.75, 3.05) is 6.61 Å². The second-order valence-corrected chi connectivity index (χ2v) is 3.83. The van der Waals surface area contributed by atoms with E-state index in [-0.39, 0.29) is 18.3 Å². The third kappa shape index (κ3) is 1.99. The molecule has 1 N–H and O–H groups in total. The molecule has 0 aliphatic rings. The number of nitro benzene ring substituents is 1. The Balaban J connectivity index is 2.51. The molecule has 1 atom stereocenters. The predicted molar refractivity (Wildman–Crippen MR) is 62.8 cm³/mol. The summed E-state index contributed by atoms with van der Waals surface area (Å²) < 4.78 is 1.85. The molecule has 0 amide bonds. The van der Waals surface area contributed by atoms with Crippen LogP contribution in [0.4, 0.5) is 5.69 Å². The van der Waals surface area contributed by atoms with Crippen molar-refractivity contribution in [3.63, 3.8) is 0 Å². The van der Waals surface area contributed by atoms with Crippen molar-refractivity contribution in [3.05, 3.63) is 34.6 Å². The van der Waals surface area contributed by atoms with E-state index in [4.69, 9.17) is 0 Å². The normalized spacial score (nSPS) is 12.8. The Kier molecular flexibility index (Phi) is 3.06. The molecule has 0 radical (unpaired) electrons. The lowest BCUT2D eigenvalue weighted by Crippen LogP contribution is -2.10. The lowest BCUT2D eigenvalue weighted by Gasteiger charge is -2.14. The smallest absolute Gasteiger partial charge is 0.271 e. The molecule has 0 aliphatic carbocycles. The van der Waals surface area contributed by atoms with Gasteiger partial charge in [0, 0.05) is 12.1 Å². The van der Waals surface area contributed by atoms with Gasteiger partial charge in [0.05, 0.1) is 34.9 Å². The highest BCUT2D eigenvalue weighted by atomic mass is 16.6. The summed E-state index contributed by atoms with van der Waals surface area (Å²) >= 11 is 0. The fourth-order valence-corrected chi connectivity index (χ4v) is 1.84. The molecule has 0 bridgehead atoms. The van der Waals surface area contributed by atoms with Gasteiger partial charge in [-0.1, -0.05) is 6.92 Å². The van der Waals surface area contributed by atoms with Gasteiger partial charge < -0.3 is 9.67 Å². The molecule has 0 spiro atoms. The van der Waals surface area contributed by atoms with Gasteiger partial charge in [-0.05, 0) is 12.5 Å². The first-order valence-corrected chi connectivity index (χ1v) is 5.39. The van der Waals surface area contributed by atoms with Gasteiger partial charge in [0.25, 0.3) is 5.69 Å². The van der Waals surface area contributed by atoms with E-state index < -0.39 is 4.92 Å². The monoisotopic (exact) mass is 235 g/mol. The molecule has 0 fully saturated rings. The first-order chi connectivity index (χ1) is 8.17. The van der Waals surface area contributed by atoms with Crippen molar-refractivity contribution in [3.8, 4) is 0 Å². The zero-order chi connectivity index (χ0) is 12.4. The number of aliphatic hydroxyl groups excluding tert-OH is 1. The summed E-state index contributed by atoms with van der Waals surface area (Å²) in [5, 5.41) is 19.9. The van der Waals surface area contributed by atoms with Gasteiger partial charge in [-0.3, -0.25) is 10.1 Å². The SMILES string of the molecule is CCC(CO)n1cnc2cc([N+](=O)[O-])ccc21. The van der Waals surface area contributed by atoms with Crippen molar-refractivity contribution < 1.29 is 10.0 Å². The molecular formula is C11H13N3O3. The standard InChI is InChI=1S/C11H13N3O3/c1-2-8(6-15)13-7-12-10-5-9(14(16)17)3-4-11(10)13/h3-5,7-8,15H,2,6H2,1H3. The Morgan fingerprint density at radius 1 is 1.59 bits per heavy atom. The molecule has 90 valence electrons. The van der Waals surface area contributed by atoms with Gasteiger partial charge in [0.1, 0.15) is 0 Å². The van der Waals surface area contributed by atoms with Crippen molar-refractivity contribution >= 4 is 16.7 Å². The Labute approximate surface area is 97.7 Å². The molecule has 0 aliphatic heterocycles. The lowest BCUT2D eigenvalue weighted by molar-refractivity contribution is -0.384. The Morgan fingerprint density at radius 3 is 2.94 bits per heavy atom. The maximum absolute atomic E-state index is 10.6. The number of nitrogens with zero attached hydrogens (tertiary/aromatic N) is 3. The molecule has 2 aromatic rings. The maximum atomic E-state index is 10.6. The number of nitro groups is 1. The van der Waals surface area contributed by atoms with E-state index in [1.54, 1.807) is 12.4 Å². The highest BCUT2D eigenvalue weighted by molar-refractivity contribution is 5.78. The Bertz CT molecular complexity index is 546. The van der Waals surface area contributed by atoms with Crippen LogP contribution in [-0.4, -0.2) is 26.2 Å². The number of imidazole rings is 1. The first-order valence-electron chi connectivity index (χ1n) is 5.39. The molecule has 0 saturated heterocycles. The number of fused-ring (bicyclic) bond motifs is 1. The molecule has 1 unspecified atom stereocenters. The van der Waals surface area contributed by atoms with Crippen LogP contribution in [-0.2, 0) is 0 Å². The van der Waals surface area contributed by atoms with Crippen LogP contribution in [0.5, 0.6) is 0 Å². The molecular weight excluding hydrogens is 222 g/mol. The molecule has 1 heterocycles. The minimum Gasteiger partial charge on any atom is -0.394 e. The highest BCUT2D eigenvalue weighted by Crippen LogP contribution is 2.23. The third-order valence-electron chi connectivity index (χ3n) is 2.84. The van der Waals surface area contributed by atoms with Gasteiger partial charge in [0.2, 0.25) is 0 Å². The third-order valence-corrected chi connectivity index (χ3v) is 2.84. The first kappa shape index (κ1) is 11.5. The van der Waals surface area contributed by atoms with E-state index in [9.17, 15) is 15.2 Å². The van der Waals surface area contributed by atoms with Crippen molar-refractivity contribution in [1.29, 1.82) is 0 Å². The van der Waals surface area contributed by atoms with Crippen molar-refractivity contribution in [1.82, 2.24) is 9.55 Å². The molecule has 6 heteroatoms. The summed E-state index contributed by atoms with van der Waals surface area (Å²) in [6.45, 7) is 2.00. The summed E-state index contributed by atoms with van der Waals surface area (Å²) in [5.74, 6) is 0. The molecule has 2 rings (SSSR count). The highest BCUT2D eigenvalue weighted by Gasteiger charge is 2.14. The zero-order valence-electron chi connectivity index (χ0n) is 9.41. The van der Waals surface area contributed by atoms with E-state index in [1.807, 2.05) is 11.5 Å². The fourth-order valence-electron chi connectivity index (χ4n) is 1.84. The van der Waals surface area contributed by atoms with Crippen LogP contribution >= 0.6 is 0 Å². The summed E-state index contributed by atoms with van der Waals surface area (Å²) in [6.07, 6.45) is 2.39. The Hall–Kier alpha value is -1.95. The summed E-state index contributed by atoms with van der Waals surface area (Å²) in [5.41, 5.74) is 1.40. The number of aliphatic hydroxyl groups is 1. The van der Waals surface area contributed by atoms with Crippen LogP contribution in [0.15, 0.2) is 24.5 Å². The van der Waals surface area contributed by atoms with E-state index in [0.29, 0.717) is 5.52 Å². The molecule has 6 nitrogen and oxygen atoms in total. The van der Waals surface area contributed by atoms with Crippen LogP contribution in [0.3, 0.4) is 0 Å². The molecule has 0 saturated carbocycles. The van der Waals surface area contributed by atoms with Gasteiger partial charge >= 0.3 is 0 Å². The minimum atomic E-state index is -0.443. The van der Waals surface area contributed by atoms with E-state index in [1.165, 1.54) is 12.1 Å². The number of non-ortho nitro benzene ring substituents is 1.